The molecule has 1 heterocycles. The van der Waals surface area contributed by atoms with Gasteiger partial charge in [-0.25, -0.2) is 14.4 Å². The summed E-state index contributed by atoms with van der Waals surface area (Å²) in [7, 11) is 0. The van der Waals surface area contributed by atoms with E-state index in [1.165, 1.54) is 12.1 Å². The Bertz CT molecular complexity index is 1110. The van der Waals surface area contributed by atoms with Crippen LogP contribution in [0.3, 0.4) is 0 Å². The fourth-order valence-corrected chi connectivity index (χ4v) is 3.17. The smallest absolute Gasteiger partial charge is 0.408 e. The van der Waals surface area contributed by atoms with Crippen LogP contribution in [-0.2, 0) is 22.6 Å². The van der Waals surface area contributed by atoms with E-state index in [2.05, 4.69) is 5.32 Å². The molecule has 7 heteroatoms. The van der Waals surface area contributed by atoms with Crippen LogP contribution < -0.4 is 15.7 Å². The molecule has 0 unspecified atom stereocenters. The summed E-state index contributed by atoms with van der Waals surface area (Å²) in [6.07, 6.45) is 1.25. The van der Waals surface area contributed by atoms with Crippen molar-refractivity contribution in [1.29, 1.82) is 0 Å². The molecule has 1 amide bonds. The van der Waals surface area contributed by atoms with E-state index in [0.29, 0.717) is 12.0 Å². The number of aryl methyl sites for hydroxylation is 1. The van der Waals surface area contributed by atoms with E-state index >= 15 is 0 Å². The molecule has 0 spiro atoms. The summed E-state index contributed by atoms with van der Waals surface area (Å²) in [6, 6.07) is 14.7. The number of hydrogen-bond acceptors (Lipinski definition) is 6. The molecule has 0 bridgehead atoms. The molecule has 3 aromatic rings. The molecule has 0 aliphatic heterocycles. The molecule has 7 nitrogen and oxygen atoms in total. The Hall–Kier alpha value is -3.61. The molecule has 2 aromatic carbocycles. The van der Waals surface area contributed by atoms with E-state index in [9.17, 15) is 14.4 Å². The van der Waals surface area contributed by atoms with Crippen molar-refractivity contribution >= 4 is 23.0 Å². The second-order valence-corrected chi connectivity index (χ2v) is 7.09. The molecular formula is C24H25NO6. The Balaban J connectivity index is 1.65. The van der Waals surface area contributed by atoms with Crippen molar-refractivity contribution in [3.8, 4) is 5.75 Å². The maximum absolute atomic E-state index is 12.5. The lowest BCUT2D eigenvalue weighted by Crippen LogP contribution is -2.42. The van der Waals surface area contributed by atoms with Crippen LogP contribution >= 0.6 is 0 Å². The lowest BCUT2D eigenvalue weighted by Gasteiger charge is -2.16. The summed E-state index contributed by atoms with van der Waals surface area (Å²) in [6.45, 7) is 3.88. The monoisotopic (exact) mass is 423 g/mol. The molecule has 0 aliphatic rings. The topological polar surface area (TPSA) is 94.8 Å². The number of carbonyl (C=O) groups excluding carboxylic acids is 2. The molecule has 0 fully saturated rings. The van der Waals surface area contributed by atoms with Crippen LogP contribution in [0.15, 0.2) is 63.8 Å². The first-order valence-corrected chi connectivity index (χ1v) is 10.3. The Morgan fingerprint density at radius 1 is 1.06 bits per heavy atom. The van der Waals surface area contributed by atoms with Crippen molar-refractivity contribution in [3.05, 3.63) is 76.1 Å². The molecule has 1 aromatic heterocycles. The van der Waals surface area contributed by atoms with E-state index in [0.717, 1.165) is 29.4 Å². The van der Waals surface area contributed by atoms with Gasteiger partial charge in [-0.15, -0.1) is 0 Å². The number of hydrogen-bond donors (Lipinski definition) is 1. The third-order valence-corrected chi connectivity index (χ3v) is 4.74. The Morgan fingerprint density at radius 3 is 2.55 bits per heavy atom. The predicted octanol–water partition coefficient (Wildman–Crippen LogP) is 4.36. The number of carbonyl (C=O) groups is 2. The van der Waals surface area contributed by atoms with Gasteiger partial charge in [-0.2, -0.15) is 0 Å². The van der Waals surface area contributed by atoms with Gasteiger partial charge < -0.3 is 19.2 Å². The van der Waals surface area contributed by atoms with Crippen molar-refractivity contribution in [2.75, 3.05) is 0 Å². The fraction of sp³-hybridized carbons (Fsp3) is 0.292. The minimum absolute atomic E-state index is 0.0992. The molecule has 3 rings (SSSR count). The Kier molecular flexibility index (Phi) is 7.43. The highest BCUT2D eigenvalue weighted by Gasteiger charge is 2.22. The number of benzene rings is 2. The number of fused-ring (bicyclic) bond motifs is 1. The molecule has 1 N–H and O–H groups in total. The highest BCUT2D eigenvalue weighted by molar-refractivity contribution is 5.85. The number of ether oxygens (including phenoxy) is 2. The first-order valence-electron chi connectivity index (χ1n) is 10.3. The first kappa shape index (κ1) is 22.1. The standard InChI is InChI=1S/C24H25NO6/c1-3-8-17-13-22(26)31-21-14-18(11-12-19(17)21)30-23(27)20(4-2)25-24(28)29-15-16-9-6-5-7-10-16/h5-7,9-14,20H,3-4,8,15H2,1-2H3,(H,25,28)/t20-/m0/s1. The summed E-state index contributed by atoms with van der Waals surface area (Å²) in [5.74, 6) is -0.405. The third-order valence-electron chi connectivity index (χ3n) is 4.74. The number of amides is 1. The summed E-state index contributed by atoms with van der Waals surface area (Å²) in [5.41, 5.74) is 1.63. The SMILES string of the molecule is CCCc1cc(=O)oc2cc(OC(=O)[C@H](CC)NC(=O)OCc3ccccc3)ccc12. The minimum Gasteiger partial charge on any atom is -0.445 e. The van der Waals surface area contributed by atoms with Crippen LogP contribution in [0, 0.1) is 0 Å². The minimum atomic E-state index is -0.877. The fourth-order valence-electron chi connectivity index (χ4n) is 3.17. The van der Waals surface area contributed by atoms with E-state index < -0.39 is 23.7 Å². The van der Waals surface area contributed by atoms with Crippen molar-refractivity contribution in [3.63, 3.8) is 0 Å². The van der Waals surface area contributed by atoms with E-state index in [1.54, 1.807) is 19.1 Å². The van der Waals surface area contributed by atoms with Crippen molar-refractivity contribution < 1.29 is 23.5 Å². The number of esters is 1. The van der Waals surface area contributed by atoms with Gasteiger partial charge in [-0.05, 0) is 36.1 Å². The summed E-state index contributed by atoms with van der Waals surface area (Å²) in [4.78, 5) is 36.4. The van der Waals surface area contributed by atoms with Gasteiger partial charge in [0.2, 0.25) is 0 Å². The highest BCUT2D eigenvalue weighted by atomic mass is 16.6. The van der Waals surface area contributed by atoms with E-state index in [-0.39, 0.29) is 12.4 Å². The second-order valence-electron chi connectivity index (χ2n) is 7.09. The van der Waals surface area contributed by atoms with E-state index in [4.69, 9.17) is 13.9 Å². The lowest BCUT2D eigenvalue weighted by molar-refractivity contribution is -0.136. The van der Waals surface area contributed by atoms with Crippen LogP contribution in [0.4, 0.5) is 4.79 Å². The van der Waals surface area contributed by atoms with Gasteiger partial charge in [-0.3, -0.25) is 0 Å². The second kappa shape index (κ2) is 10.4. The maximum Gasteiger partial charge on any atom is 0.408 e. The molecule has 1 atom stereocenters. The van der Waals surface area contributed by atoms with E-state index in [1.807, 2.05) is 37.3 Å². The van der Waals surface area contributed by atoms with Gasteiger partial charge in [0.05, 0.1) is 0 Å². The number of rotatable bonds is 8. The van der Waals surface area contributed by atoms with Crippen LogP contribution in [0.25, 0.3) is 11.0 Å². The zero-order chi connectivity index (χ0) is 22.2. The van der Waals surface area contributed by atoms with Gasteiger partial charge in [0.25, 0.3) is 0 Å². The normalized spacial score (nSPS) is 11.7. The van der Waals surface area contributed by atoms with Crippen LogP contribution in [0.1, 0.15) is 37.8 Å². The summed E-state index contributed by atoms with van der Waals surface area (Å²) < 4.78 is 15.8. The molecule has 0 radical (unpaired) electrons. The average Bonchev–Trinajstić information content (AvgIpc) is 2.76. The first-order chi connectivity index (χ1) is 15.0. The molecule has 162 valence electrons. The zero-order valence-corrected chi connectivity index (χ0v) is 17.6. The maximum atomic E-state index is 12.5. The van der Waals surface area contributed by atoms with Gasteiger partial charge in [0, 0.05) is 17.5 Å². The van der Waals surface area contributed by atoms with Gasteiger partial charge in [0.15, 0.2) is 0 Å². The number of alkyl carbamates (subject to hydrolysis) is 1. The number of nitrogens with one attached hydrogen (secondary N) is 1. The lowest BCUT2D eigenvalue weighted by atomic mass is 10.1. The van der Waals surface area contributed by atoms with Gasteiger partial charge in [0.1, 0.15) is 24.0 Å². The van der Waals surface area contributed by atoms with Crippen molar-refractivity contribution in [2.24, 2.45) is 0 Å². The van der Waals surface area contributed by atoms with Crippen LogP contribution in [0.2, 0.25) is 0 Å². The van der Waals surface area contributed by atoms with Crippen LogP contribution in [0.5, 0.6) is 5.75 Å². The molecule has 31 heavy (non-hydrogen) atoms. The van der Waals surface area contributed by atoms with Gasteiger partial charge in [-0.1, -0.05) is 50.6 Å². The third kappa shape index (κ3) is 5.94. The zero-order valence-electron chi connectivity index (χ0n) is 17.6. The molecule has 0 aliphatic carbocycles. The highest BCUT2D eigenvalue weighted by Crippen LogP contribution is 2.24. The predicted molar refractivity (Wildman–Crippen MR) is 116 cm³/mol. The summed E-state index contributed by atoms with van der Waals surface area (Å²) >= 11 is 0. The van der Waals surface area contributed by atoms with Gasteiger partial charge >= 0.3 is 17.7 Å². The Morgan fingerprint density at radius 2 is 1.84 bits per heavy atom. The summed E-state index contributed by atoms with van der Waals surface area (Å²) in [5, 5.41) is 3.32. The average molecular weight is 423 g/mol. The molecular weight excluding hydrogens is 398 g/mol. The quantitative estimate of drug-likeness (QED) is 0.329. The molecule has 0 saturated carbocycles. The largest absolute Gasteiger partial charge is 0.445 e. The Labute approximate surface area is 180 Å². The van der Waals surface area contributed by atoms with Crippen LogP contribution in [-0.4, -0.2) is 18.1 Å². The van der Waals surface area contributed by atoms with Crippen molar-refractivity contribution in [2.45, 2.75) is 45.8 Å². The molecule has 0 saturated heterocycles. The van der Waals surface area contributed by atoms with Crippen molar-refractivity contribution in [1.82, 2.24) is 5.32 Å².